The molecule has 0 radical (unpaired) electrons. The van der Waals surface area contributed by atoms with Crippen molar-refractivity contribution in [1.29, 1.82) is 0 Å². The Labute approximate surface area is 270 Å². The van der Waals surface area contributed by atoms with Crippen molar-refractivity contribution in [3.05, 3.63) is 142 Å². The molecular weight excluding hydrogens is 637 g/mol. The zero-order valence-electron chi connectivity index (χ0n) is 24.7. The Morgan fingerprint density at radius 2 is 1.73 bits per heavy atom. The van der Waals surface area contributed by atoms with Crippen LogP contribution in [-0.4, -0.2) is 42.2 Å². The van der Waals surface area contributed by atoms with Crippen molar-refractivity contribution >= 4 is 33.8 Å². The lowest BCUT2D eigenvalue weighted by Gasteiger charge is -2.30. The van der Waals surface area contributed by atoms with E-state index in [1.54, 1.807) is 12.1 Å². The van der Waals surface area contributed by atoms with E-state index in [0.29, 0.717) is 43.2 Å². The second-order valence-corrected chi connectivity index (χ2v) is 11.4. The number of benzene rings is 4. The number of carbonyl (C=O) groups excluding carboxylic acids is 1. The van der Waals surface area contributed by atoms with E-state index in [1.165, 1.54) is 12.1 Å². The van der Waals surface area contributed by atoms with E-state index < -0.39 is 11.6 Å². The summed E-state index contributed by atoms with van der Waals surface area (Å²) in [6.45, 7) is 0.897. The van der Waals surface area contributed by atoms with Crippen LogP contribution in [0.15, 0.2) is 119 Å². The van der Waals surface area contributed by atoms with Gasteiger partial charge in [0.25, 0.3) is 5.91 Å². The predicted octanol–water partition coefficient (Wildman–Crippen LogP) is 6.57. The summed E-state index contributed by atoms with van der Waals surface area (Å²) in [5.41, 5.74) is 8.00. The van der Waals surface area contributed by atoms with E-state index in [0.717, 1.165) is 21.2 Å². The summed E-state index contributed by atoms with van der Waals surface area (Å²) in [6.07, 6.45) is 4.56. The van der Waals surface area contributed by atoms with Crippen LogP contribution in [0.4, 0.5) is 4.39 Å². The molecule has 0 saturated carbocycles. The molecule has 4 aromatic carbocycles. The first-order chi connectivity index (χ1) is 22.0. The largest absolute Gasteiger partial charge is 0.494 e. The zero-order valence-corrected chi connectivity index (χ0v) is 26.3. The van der Waals surface area contributed by atoms with Gasteiger partial charge in [0.2, 0.25) is 5.90 Å². The highest BCUT2D eigenvalue weighted by atomic mass is 79.9. The molecular formula is C36H35BrFN3O4. The Morgan fingerprint density at radius 3 is 2.47 bits per heavy atom. The number of carbonyl (C=O) groups is 1. The molecule has 0 unspecified atom stereocenters. The van der Waals surface area contributed by atoms with Gasteiger partial charge < -0.3 is 14.6 Å². The molecule has 0 fully saturated rings. The minimum Gasteiger partial charge on any atom is -0.494 e. The van der Waals surface area contributed by atoms with Crippen LogP contribution in [0.5, 0.6) is 5.75 Å². The van der Waals surface area contributed by atoms with Gasteiger partial charge in [0.15, 0.2) is 11.6 Å². The number of amides is 1. The second-order valence-electron chi connectivity index (χ2n) is 10.6. The Bertz CT molecular complexity index is 1610. The average molecular weight is 673 g/mol. The molecule has 1 aliphatic heterocycles. The number of nitrogens with zero attached hydrogens (tertiary/aromatic N) is 1. The molecule has 232 valence electrons. The summed E-state index contributed by atoms with van der Waals surface area (Å²) in [5, 5.41) is 9.05. The van der Waals surface area contributed by atoms with E-state index in [9.17, 15) is 9.18 Å². The van der Waals surface area contributed by atoms with Gasteiger partial charge in [0.05, 0.1) is 6.61 Å². The van der Waals surface area contributed by atoms with Crippen LogP contribution < -0.4 is 15.6 Å². The van der Waals surface area contributed by atoms with E-state index in [4.69, 9.17) is 19.6 Å². The van der Waals surface area contributed by atoms with Crippen molar-refractivity contribution in [2.45, 2.75) is 30.9 Å². The van der Waals surface area contributed by atoms with Gasteiger partial charge in [-0.15, -0.1) is 0 Å². The lowest BCUT2D eigenvalue weighted by atomic mass is 9.84. The molecule has 0 aliphatic carbocycles. The SMILES string of the molecule is O=C(NNCCc1ccc(F)cc1)[C@@]1(C/C=C/c2ccccc2)N=C(c2ccc(OCCCO)cc2)O[C@H]1c1ccccc1Br. The first kappa shape index (κ1) is 32.1. The number of hydrogen-bond donors (Lipinski definition) is 3. The number of rotatable bonds is 14. The quantitative estimate of drug-likeness (QED) is 0.104. The molecule has 1 aliphatic rings. The van der Waals surface area contributed by atoms with Crippen LogP contribution in [0.25, 0.3) is 6.08 Å². The van der Waals surface area contributed by atoms with Crippen LogP contribution in [0.3, 0.4) is 0 Å². The third-order valence-corrected chi connectivity index (χ3v) is 8.13. The third kappa shape index (κ3) is 8.25. The van der Waals surface area contributed by atoms with Crippen LogP contribution in [0.2, 0.25) is 0 Å². The lowest BCUT2D eigenvalue weighted by molar-refractivity contribution is -0.129. The van der Waals surface area contributed by atoms with E-state index in [1.807, 2.05) is 91.0 Å². The molecule has 0 saturated heterocycles. The number of aliphatic hydroxyl groups excluding tert-OH is 1. The van der Waals surface area contributed by atoms with Crippen molar-refractivity contribution in [1.82, 2.24) is 10.9 Å². The number of hydrazine groups is 1. The number of halogens is 2. The Morgan fingerprint density at radius 1 is 1.00 bits per heavy atom. The highest BCUT2D eigenvalue weighted by molar-refractivity contribution is 9.10. The first-order valence-corrected chi connectivity index (χ1v) is 15.6. The van der Waals surface area contributed by atoms with Crippen LogP contribution in [0.1, 0.15) is 41.2 Å². The van der Waals surface area contributed by atoms with Crippen molar-refractivity contribution in [3.63, 3.8) is 0 Å². The van der Waals surface area contributed by atoms with E-state index in [2.05, 4.69) is 26.8 Å². The molecule has 0 aromatic heterocycles. The summed E-state index contributed by atoms with van der Waals surface area (Å²) in [4.78, 5) is 19.3. The molecule has 9 heteroatoms. The average Bonchev–Trinajstić information content (AvgIpc) is 3.45. The van der Waals surface area contributed by atoms with E-state index >= 15 is 0 Å². The third-order valence-electron chi connectivity index (χ3n) is 7.41. The van der Waals surface area contributed by atoms with Crippen LogP contribution in [0, 0.1) is 5.82 Å². The number of aliphatic hydroxyl groups is 1. The summed E-state index contributed by atoms with van der Waals surface area (Å²) in [6, 6.07) is 31.1. The monoisotopic (exact) mass is 671 g/mol. The van der Waals surface area contributed by atoms with Gasteiger partial charge >= 0.3 is 0 Å². The fraction of sp³-hybridized carbons (Fsp3) is 0.222. The Kier molecular flexibility index (Phi) is 11.1. The Hall–Kier alpha value is -4.31. The number of aliphatic imine (C=N–C) groups is 1. The summed E-state index contributed by atoms with van der Waals surface area (Å²) >= 11 is 3.67. The van der Waals surface area contributed by atoms with Crippen molar-refractivity contribution in [2.24, 2.45) is 4.99 Å². The molecule has 3 N–H and O–H groups in total. The van der Waals surface area contributed by atoms with Gasteiger partial charge in [0.1, 0.15) is 11.6 Å². The van der Waals surface area contributed by atoms with Gasteiger partial charge in [0, 0.05) is 41.6 Å². The van der Waals surface area contributed by atoms with Crippen molar-refractivity contribution in [2.75, 3.05) is 19.8 Å². The molecule has 45 heavy (non-hydrogen) atoms. The summed E-state index contributed by atoms with van der Waals surface area (Å²) < 4.78 is 26.4. The lowest BCUT2D eigenvalue weighted by Crippen LogP contribution is -2.52. The fourth-order valence-electron chi connectivity index (χ4n) is 5.03. The molecule has 0 spiro atoms. The highest BCUT2D eigenvalue weighted by Crippen LogP contribution is 2.45. The summed E-state index contributed by atoms with van der Waals surface area (Å²) in [7, 11) is 0. The predicted molar refractivity (Wildman–Crippen MR) is 177 cm³/mol. The minimum absolute atomic E-state index is 0.0587. The van der Waals surface area contributed by atoms with Crippen molar-refractivity contribution in [3.8, 4) is 5.75 Å². The van der Waals surface area contributed by atoms with Crippen LogP contribution >= 0.6 is 15.9 Å². The molecule has 1 amide bonds. The fourth-order valence-corrected chi connectivity index (χ4v) is 5.52. The van der Waals surface area contributed by atoms with Gasteiger partial charge in [-0.3, -0.25) is 10.2 Å². The first-order valence-electron chi connectivity index (χ1n) is 14.8. The number of nitrogens with one attached hydrogen (secondary N) is 2. The number of hydrogen-bond acceptors (Lipinski definition) is 6. The smallest absolute Gasteiger partial charge is 0.266 e. The molecule has 0 bridgehead atoms. The van der Waals surface area contributed by atoms with E-state index in [-0.39, 0.29) is 24.8 Å². The topological polar surface area (TPSA) is 92.2 Å². The molecule has 2 atom stereocenters. The highest BCUT2D eigenvalue weighted by Gasteiger charge is 2.53. The number of ether oxygens (including phenoxy) is 2. The van der Waals surface area contributed by atoms with Gasteiger partial charge in [-0.25, -0.2) is 14.8 Å². The summed E-state index contributed by atoms with van der Waals surface area (Å²) in [5.74, 6) is 0.363. The maximum Gasteiger partial charge on any atom is 0.266 e. The second kappa shape index (κ2) is 15.6. The maximum atomic E-state index is 14.2. The minimum atomic E-state index is -1.36. The van der Waals surface area contributed by atoms with Crippen LogP contribution in [-0.2, 0) is 16.0 Å². The maximum absolute atomic E-state index is 14.2. The normalized spacial score (nSPS) is 17.6. The Balaban J connectivity index is 1.45. The molecule has 7 nitrogen and oxygen atoms in total. The van der Waals surface area contributed by atoms with Gasteiger partial charge in [-0.2, -0.15) is 0 Å². The van der Waals surface area contributed by atoms with Gasteiger partial charge in [-0.1, -0.05) is 88.7 Å². The standard InChI is InChI=1S/C36H35BrFN3O4/c37-32-12-5-4-11-31(32)33-36(22-6-10-26-8-2-1-3-9-26,35(43)41-39-23-21-27-13-17-29(38)18-14-27)40-34(45-33)28-15-19-30(20-16-28)44-25-7-24-42/h1-6,8-20,33,39,42H,7,21-25H2,(H,41,43)/b10-6+/t33-,36-/m0/s1. The van der Waals surface area contributed by atoms with Crippen molar-refractivity contribution < 1.29 is 23.8 Å². The molecule has 5 rings (SSSR count). The molecule has 4 aromatic rings. The molecule has 1 heterocycles. The zero-order chi connectivity index (χ0) is 31.5. The van der Waals surface area contributed by atoms with Gasteiger partial charge in [-0.05, 0) is 60.0 Å².